The molecule has 8 aromatic rings. The highest BCUT2D eigenvalue weighted by atomic mass is 35.5. The number of rotatable bonds is 15. The third-order valence-electron chi connectivity index (χ3n) is 10.4. The Morgan fingerprint density at radius 2 is 1.02 bits per heavy atom. The first kappa shape index (κ1) is 46.5. The molecular formula is C52H46Cl2N4O8. The van der Waals surface area contributed by atoms with Crippen LogP contribution in [-0.2, 0) is 18.0 Å². The number of hydrogen-bond donors (Lipinski definition) is 1. The van der Waals surface area contributed by atoms with Gasteiger partial charge in [0.05, 0.1) is 67.1 Å². The van der Waals surface area contributed by atoms with Crippen LogP contribution >= 0.6 is 23.2 Å². The van der Waals surface area contributed by atoms with Crippen LogP contribution in [0.1, 0.15) is 50.2 Å². The van der Waals surface area contributed by atoms with Crippen LogP contribution in [0.4, 0.5) is 0 Å². The molecule has 12 nitrogen and oxygen atoms in total. The number of pyridine rings is 2. The van der Waals surface area contributed by atoms with Gasteiger partial charge < -0.3 is 37.9 Å². The van der Waals surface area contributed by atoms with Crippen LogP contribution < -0.4 is 18.9 Å². The van der Waals surface area contributed by atoms with Gasteiger partial charge in [-0.05, 0) is 129 Å². The van der Waals surface area contributed by atoms with Crippen LogP contribution in [0.3, 0.4) is 0 Å². The molecule has 336 valence electrons. The topological polar surface area (TPSA) is 136 Å². The number of hydrogen-bond acceptors (Lipinski definition) is 9. The number of halogens is 2. The first-order valence-corrected chi connectivity index (χ1v) is 21.5. The molecule has 4 aromatic carbocycles. The zero-order valence-electron chi connectivity index (χ0n) is 36.8. The van der Waals surface area contributed by atoms with Gasteiger partial charge in [0.1, 0.15) is 36.2 Å². The third kappa shape index (κ3) is 11.0. The largest absolute Gasteiger partial charge is 0.497 e. The van der Waals surface area contributed by atoms with Gasteiger partial charge in [-0.15, -0.1) is 0 Å². The molecule has 0 fully saturated rings. The van der Waals surface area contributed by atoms with Crippen molar-refractivity contribution in [3.05, 3.63) is 190 Å². The Balaban J connectivity index is 0.000000197. The van der Waals surface area contributed by atoms with E-state index in [9.17, 15) is 14.7 Å². The van der Waals surface area contributed by atoms with E-state index in [1.807, 2.05) is 120 Å². The van der Waals surface area contributed by atoms with Crippen LogP contribution in [0.15, 0.2) is 146 Å². The Kier molecular flexibility index (Phi) is 15.1. The molecule has 0 saturated carbocycles. The van der Waals surface area contributed by atoms with Crippen molar-refractivity contribution in [3.63, 3.8) is 0 Å². The van der Waals surface area contributed by atoms with Gasteiger partial charge in [0, 0.05) is 45.0 Å². The van der Waals surface area contributed by atoms with Crippen molar-refractivity contribution < 1.29 is 38.4 Å². The summed E-state index contributed by atoms with van der Waals surface area (Å²) in [6, 6.07) is 37.7. The Morgan fingerprint density at radius 1 is 0.576 bits per heavy atom. The second-order valence-corrected chi connectivity index (χ2v) is 15.7. The Morgan fingerprint density at radius 3 is 1.44 bits per heavy atom. The Bertz CT molecular complexity index is 2970. The van der Waals surface area contributed by atoms with Gasteiger partial charge in [0.2, 0.25) is 0 Å². The number of nitrogens with zero attached hydrogens (tertiary/aromatic N) is 4. The molecule has 1 N–H and O–H groups in total. The number of aryl methyl sites for hydroxylation is 2. The van der Waals surface area contributed by atoms with Crippen molar-refractivity contribution in [1.29, 1.82) is 0 Å². The molecule has 0 atom stereocenters. The van der Waals surface area contributed by atoms with Crippen LogP contribution in [0.5, 0.6) is 23.0 Å². The number of aromatic carboxylic acids is 1. The number of carbonyl (C=O) groups excluding carboxylic acids is 1. The van der Waals surface area contributed by atoms with E-state index in [2.05, 4.69) is 9.97 Å². The summed E-state index contributed by atoms with van der Waals surface area (Å²) in [4.78, 5) is 32.0. The van der Waals surface area contributed by atoms with Crippen molar-refractivity contribution in [1.82, 2.24) is 19.1 Å². The molecule has 0 aliphatic heterocycles. The molecule has 14 heteroatoms. The summed E-state index contributed by atoms with van der Waals surface area (Å²) < 4.78 is 31.9. The lowest BCUT2D eigenvalue weighted by molar-refractivity contribution is 0.0525. The molecule has 66 heavy (non-hydrogen) atoms. The maximum absolute atomic E-state index is 12.2. The number of ether oxygens (including phenoxy) is 5. The van der Waals surface area contributed by atoms with E-state index >= 15 is 0 Å². The van der Waals surface area contributed by atoms with E-state index in [0.29, 0.717) is 52.6 Å². The summed E-state index contributed by atoms with van der Waals surface area (Å²) in [5, 5.41) is 10.5. The molecule has 0 amide bonds. The predicted molar refractivity (Wildman–Crippen MR) is 255 cm³/mol. The van der Waals surface area contributed by atoms with Crippen molar-refractivity contribution in [2.24, 2.45) is 0 Å². The van der Waals surface area contributed by atoms with E-state index in [1.165, 1.54) is 12.4 Å². The normalized spacial score (nSPS) is 10.7. The van der Waals surface area contributed by atoms with Crippen LogP contribution in [0, 0.1) is 13.8 Å². The number of carbonyl (C=O) groups is 2. The lowest BCUT2D eigenvalue weighted by atomic mass is 10.1. The predicted octanol–water partition coefficient (Wildman–Crippen LogP) is 12.1. The van der Waals surface area contributed by atoms with Crippen molar-refractivity contribution in [2.75, 3.05) is 20.8 Å². The van der Waals surface area contributed by atoms with E-state index in [0.717, 1.165) is 62.2 Å². The highest BCUT2D eigenvalue weighted by Gasteiger charge is 2.19. The molecule has 0 unspecified atom stereocenters. The molecule has 0 saturated heterocycles. The highest BCUT2D eigenvalue weighted by molar-refractivity contribution is 6.31. The van der Waals surface area contributed by atoms with Crippen LogP contribution in [0.2, 0.25) is 10.0 Å². The van der Waals surface area contributed by atoms with Gasteiger partial charge in [0.15, 0.2) is 0 Å². The van der Waals surface area contributed by atoms with Gasteiger partial charge in [-0.2, -0.15) is 0 Å². The standard InChI is InChI=1S/C27H25ClN2O4.C25H21ClN2O4/c1-4-33-27(31)20-13-22(16-29-15-20)30-18(2)5-11-25(30)24-14-21(28)8-12-26(24)34-17-19-6-9-23(32-3)10-7-19;1-16-3-9-23(28(16)20-11-18(25(29)30)13-27-14-20)22-12-19(26)6-10-24(22)32-15-17-4-7-21(31-2)8-5-17/h5-16H,4,17H2,1-3H3;3-14H,15H2,1-2H3,(H,29,30). The quantitative estimate of drug-likeness (QED) is 0.0990. The fraction of sp³-hybridized carbons (Fsp3) is 0.154. The highest BCUT2D eigenvalue weighted by Crippen LogP contribution is 2.38. The fourth-order valence-electron chi connectivity index (χ4n) is 7.15. The van der Waals surface area contributed by atoms with Crippen LogP contribution in [0.25, 0.3) is 33.9 Å². The minimum absolute atomic E-state index is 0.114. The zero-order valence-corrected chi connectivity index (χ0v) is 38.3. The van der Waals surface area contributed by atoms with E-state index in [4.69, 9.17) is 46.9 Å². The van der Waals surface area contributed by atoms with Crippen molar-refractivity contribution in [3.8, 4) is 56.9 Å². The van der Waals surface area contributed by atoms with Crippen molar-refractivity contribution >= 4 is 35.1 Å². The summed E-state index contributed by atoms with van der Waals surface area (Å²) in [7, 11) is 3.27. The summed E-state index contributed by atoms with van der Waals surface area (Å²) in [6.45, 7) is 6.76. The molecule has 0 aliphatic carbocycles. The third-order valence-corrected chi connectivity index (χ3v) is 10.9. The molecule has 0 aliphatic rings. The van der Waals surface area contributed by atoms with Gasteiger partial charge in [-0.1, -0.05) is 47.5 Å². The van der Waals surface area contributed by atoms with Gasteiger partial charge >= 0.3 is 11.9 Å². The first-order valence-electron chi connectivity index (χ1n) is 20.8. The number of carboxylic acids is 1. The van der Waals surface area contributed by atoms with Crippen molar-refractivity contribution in [2.45, 2.75) is 34.0 Å². The molecule has 0 spiro atoms. The summed E-state index contributed by atoms with van der Waals surface area (Å²) in [6.07, 6.45) is 6.17. The molecule has 4 heterocycles. The molecule has 0 bridgehead atoms. The SMILES string of the molecule is CCOC(=O)c1cncc(-n2c(C)ccc2-c2cc(Cl)ccc2OCc2ccc(OC)cc2)c1.COc1ccc(COc2ccc(Cl)cc2-c2ccc(C)n2-c2cncc(C(=O)O)c2)cc1. The minimum Gasteiger partial charge on any atom is -0.497 e. The monoisotopic (exact) mass is 924 g/mol. The van der Waals surface area contributed by atoms with E-state index in [1.54, 1.807) is 57.8 Å². The number of carboxylic acid groups (broad SMARTS) is 1. The fourth-order valence-corrected chi connectivity index (χ4v) is 7.49. The average Bonchev–Trinajstić information content (AvgIpc) is 3.93. The zero-order chi connectivity index (χ0) is 46.7. The minimum atomic E-state index is -1.03. The Labute approximate surface area is 392 Å². The molecule has 0 radical (unpaired) electrons. The summed E-state index contributed by atoms with van der Waals surface area (Å²) in [5.41, 5.74) is 9.10. The summed E-state index contributed by atoms with van der Waals surface area (Å²) in [5.74, 6) is 1.49. The lowest BCUT2D eigenvalue weighted by Crippen LogP contribution is -2.07. The first-order chi connectivity index (χ1) is 32.0. The molecular weight excluding hydrogens is 879 g/mol. The van der Waals surface area contributed by atoms with Gasteiger partial charge in [-0.3, -0.25) is 9.97 Å². The van der Waals surface area contributed by atoms with E-state index in [-0.39, 0.29) is 5.56 Å². The average molecular weight is 926 g/mol. The number of methoxy groups -OCH3 is 2. The number of benzene rings is 4. The maximum atomic E-state index is 12.2. The maximum Gasteiger partial charge on any atom is 0.339 e. The number of esters is 1. The van der Waals surface area contributed by atoms with E-state index < -0.39 is 11.9 Å². The van der Waals surface area contributed by atoms with Gasteiger partial charge in [0.25, 0.3) is 0 Å². The van der Waals surface area contributed by atoms with Crippen LogP contribution in [-0.4, -0.2) is 57.0 Å². The molecule has 4 aromatic heterocycles. The Hall–Kier alpha value is -7.54. The molecule has 8 rings (SSSR count). The second kappa shape index (κ2) is 21.4. The smallest absolute Gasteiger partial charge is 0.339 e. The second-order valence-electron chi connectivity index (χ2n) is 14.8. The number of aromatic nitrogens is 4. The summed E-state index contributed by atoms with van der Waals surface area (Å²) >= 11 is 12.7. The lowest BCUT2D eigenvalue weighted by Gasteiger charge is -2.16. The van der Waals surface area contributed by atoms with Gasteiger partial charge in [-0.25, -0.2) is 9.59 Å².